The highest BCUT2D eigenvalue weighted by Gasteiger charge is 2.22. The molecule has 1 aliphatic rings. The molecule has 0 saturated heterocycles. The Morgan fingerprint density at radius 2 is 2.00 bits per heavy atom. The van der Waals surface area contributed by atoms with Crippen molar-refractivity contribution in [3.63, 3.8) is 0 Å². The molecule has 0 bridgehead atoms. The second kappa shape index (κ2) is 6.83. The number of halogens is 2. The Hall–Kier alpha value is -2.05. The maximum absolute atomic E-state index is 6.23. The maximum Gasteiger partial charge on any atom is 0.311 e. The quantitative estimate of drug-likeness (QED) is 0.863. The number of amidine groups is 1. The standard InChI is InChI=1S/C16H17Cl2N5O/c1-8(2)24-16-20-6-9(7-21-16)13-14(19)23-15(22-13)12-10(17)4-3-5-11(12)18/h3-6,8-9H,7,19H2,1-2H3,(H,22,23). The molecule has 0 saturated carbocycles. The fourth-order valence-corrected chi connectivity index (χ4v) is 2.96. The van der Waals surface area contributed by atoms with E-state index in [1.807, 2.05) is 13.8 Å². The number of benzene rings is 1. The van der Waals surface area contributed by atoms with Gasteiger partial charge in [0.25, 0.3) is 0 Å². The lowest BCUT2D eigenvalue weighted by molar-refractivity contribution is 0.223. The van der Waals surface area contributed by atoms with Gasteiger partial charge in [-0.05, 0) is 26.0 Å². The third-order valence-corrected chi connectivity index (χ3v) is 4.07. The van der Waals surface area contributed by atoms with Gasteiger partial charge in [0, 0.05) is 6.21 Å². The zero-order valence-corrected chi connectivity index (χ0v) is 14.8. The van der Waals surface area contributed by atoms with Crippen LogP contribution in [0.1, 0.15) is 25.5 Å². The number of aliphatic imine (C=N–C) groups is 2. The number of nitrogens with one attached hydrogen (secondary N) is 1. The van der Waals surface area contributed by atoms with Crippen molar-refractivity contribution < 1.29 is 4.74 Å². The fourth-order valence-electron chi connectivity index (χ4n) is 2.38. The summed E-state index contributed by atoms with van der Waals surface area (Å²) in [5.41, 5.74) is 7.37. The summed E-state index contributed by atoms with van der Waals surface area (Å²) in [6, 6.07) is 5.66. The predicted molar refractivity (Wildman–Crippen MR) is 98.2 cm³/mol. The molecular weight excluding hydrogens is 349 g/mol. The Morgan fingerprint density at radius 1 is 1.29 bits per heavy atom. The lowest BCUT2D eigenvalue weighted by atomic mass is 10.1. The molecule has 8 heteroatoms. The third kappa shape index (κ3) is 3.39. The van der Waals surface area contributed by atoms with Gasteiger partial charge in [0.2, 0.25) is 0 Å². The van der Waals surface area contributed by atoms with Gasteiger partial charge in [0.15, 0.2) is 0 Å². The Balaban J connectivity index is 1.86. The first kappa shape index (κ1) is 16.8. The molecule has 3 N–H and O–H groups in total. The van der Waals surface area contributed by atoms with E-state index in [0.717, 1.165) is 0 Å². The van der Waals surface area contributed by atoms with Crippen LogP contribution in [-0.4, -0.2) is 34.9 Å². The van der Waals surface area contributed by atoms with E-state index in [1.54, 1.807) is 24.4 Å². The van der Waals surface area contributed by atoms with Gasteiger partial charge >= 0.3 is 6.02 Å². The summed E-state index contributed by atoms with van der Waals surface area (Å²) in [4.78, 5) is 16.1. The summed E-state index contributed by atoms with van der Waals surface area (Å²) in [7, 11) is 0. The highest BCUT2D eigenvalue weighted by atomic mass is 35.5. The number of hydrogen-bond acceptors (Lipinski definition) is 5. The minimum Gasteiger partial charge on any atom is -0.461 e. The first-order valence-corrected chi connectivity index (χ1v) is 8.26. The zero-order chi connectivity index (χ0) is 17.3. The van der Waals surface area contributed by atoms with Gasteiger partial charge in [-0.25, -0.2) is 15.0 Å². The highest BCUT2D eigenvalue weighted by molar-refractivity contribution is 6.39. The number of nitrogens with zero attached hydrogens (tertiary/aromatic N) is 3. The summed E-state index contributed by atoms with van der Waals surface area (Å²) < 4.78 is 5.47. The molecule has 0 fully saturated rings. The molecule has 1 unspecified atom stereocenters. The van der Waals surface area contributed by atoms with Gasteiger partial charge in [-0.2, -0.15) is 0 Å². The van der Waals surface area contributed by atoms with E-state index in [4.69, 9.17) is 33.7 Å². The normalized spacial score (nSPS) is 17.2. The molecule has 0 spiro atoms. The van der Waals surface area contributed by atoms with Crippen molar-refractivity contribution in [2.75, 3.05) is 12.3 Å². The van der Waals surface area contributed by atoms with Crippen molar-refractivity contribution in [3.8, 4) is 11.4 Å². The molecule has 24 heavy (non-hydrogen) atoms. The molecule has 3 rings (SSSR count). The van der Waals surface area contributed by atoms with E-state index in [1.165, 1.54) is 0 Å². The number of ether oxygens (including phenoxy) is 1. The van der Waals surface area contributed by atoms with Crippen molar-refractivity contribution in [2.24, 2.45) is 9.98 Å². The van der Waals surface area contributed by atoms with Crippen LogP contribution in [0, 0.1) is 0 Å². The average Bonchev–Trinajstić information content (AvgIpc) is 2.89. The number of rotatable bonds is 3. The summed E-state index contributed by atoms with van der Waals surface area (Å²) >= 11 is 12.5. The van der Waals surface area contributed by atoms with Crippen LogP contribution in [0.3, 0.4) is 0 Å². The van der Waals surface area contributed by atoms with Crippen molar-refractivity contribution in [2.45, 2.75) is 25.9 Å². The summed E-state index contributed by atoms with van der Waals surface area (Å²) in [5, 5.41) is 1.01. The number of nitrogens with two attached hydrogens (primary N) is 1. The molecule has 1 aliphatic heterocycles. The molecule has 0 aliphatic carbocycles. The fraction of sp³-hybridized carbons (Fsp3) is 0.312. The predicted octanol–water partition coefficient (Wildman–Crippen LogP) is 3.91. The first-order chi connectivity index (χ1) is 11.5. The lowest BCUT2D eigenvalue weighted by Gasteiger charge is -2.15. The molecule has 2 aromatic rings. The summed E-state index contributed by atoms with van der Waals surface area (Å²) in [6.07, 6.45) is 1.77. The number of aromatic amines is 1. The van der Waals surface area contributed by atoms with Gasteiger partial charge in [-0.3, -0.25) is 0 Å². The van der Waals surface area contributed by atoms with Gasteiger partial charge in [-0.1, -0.05) is 29.3 Å². The molecule has 1 aromatic heterocycles. The van der Waals surface area contributed by atoms with E-state index in [9.17, 15) is 0 Å². The monoisotopic (exact) mass is 365 g/mol. The number of imidazole rings is 1. The number of hydrogen-bond donors (Lipinski definition) is 2. The van der Waals surface area contributed by atoms with Crippen molar-refractivity contribution in [1.29, 1.82) is 0 Å². The van der Waals surface area contributed by atoms with E-state index in [0.29, 0.717) is 45.5 Å². The molecule has 0 amide bonds. The van der Waals surface area contributed by atoms with Crippen LogP contribution in [0.5, 0.6) is 0 Å². The number of H-pyrrole nitrogens is 1. The van der Waals surface area contributed by atoms with Crippen LogP contribution in [-0.2, 0) is 4.74 Å². The number of anilines is 1. The van der Waals surface area contributed by atoms with Crippen LogP contribution in [0.2, 0.25) is 10.0 Å². The van der Waals surface area contributed by atoms with Crippen LogP contribution in [0.4, 0.5) is 5.82 Å². The SMILES string of the molecule is CC(C)OC1=NCC(c2nc(-c3c(Cl)cccc3Cl)[nH]c2N)C=N1. The topological polar surface area (TPSA) is 88.7 Å². The van der Waals surface area contributed by atoms with Gasteiger partial charge < -0.3 is 15.5 Å². The molecule has 1 aromatic carbocycles. The number of aromatic nitrogens is 2. The molecule has 6 nitrogen and oxygen atoms in total. The Bertz CT molecular complexity index is 793. The third-order valence-electron chi connectivity index (χ3n) is 3.44. The second-order valence-corrected chi connectivity index (χ2v) is 6.47. The van der Waals surface area contributed by atoms with Gasteiger partial charge in [0.05, 0.1) is 39.9 Å². The Kier molecular flexibility index (Phi) is 4.78. The largest absolute Gasteiger partial charge is 0.461 e. The molecule has 2 heterocycles. The smallest absolute Gasteiger partial charge is 0.311 e. The summed E-state index contributed by atoms with van der Waals surface area (Å²) in [6.45, 7) is 4.32. The molecule has 1 atom stereocenters. The van der Waals surface area contributed by atoms with Crippen LogP contribution in [0.25, 0.3) is 11.4 Å². The van der Waals surface area contributed by atoms with Crippen molar-refractivity contribution in [1.82, 2.24) is 9.97 Å². The Labute approximate surface area is 149 Å². The lowest BCUT2D eigenvalue weighted by Crippen LogP contribution is -2.18. The van der Waals surface area contributed by atoms with Crippen LogP contribution >= 0.6 is 23.2 Å². The minimum atomic E-state index is -0.129. The maximum atomic E-state index is 6.23. The Morgan fingerprint density at radius 3 is 2.58 bits per heavy atom. The molecule has 126 valence electrons. The minimum absolute atomic E-state index is 0.0295. The van der Waals surface area contributed by atoms with Gasteiger partial charge in [0.1, 0.15) is 11.6 Å². The van der Waals surface area contributed by atoms with Crippen LogP contribution in [0.15, 0.2) is 28.2 Å². The second-order valence-electron chi connectivity index (χ2n) is 5.66. The van der Waals surface area contributed by atoms with E-state index in [2.05, 4.69) is 20.0 Å². The van der Waals surface area contributed by atoms with E-state index < -0.39 is 0 Å². The van der Waals surface area contributed by atoms with Crippen LogP contribution < -0.4 is 5.73 Å². The van der Waals surface area contributed by atoms with E-state index in [-0.39, 0.29) is 12.0 Å². The van der Waals surface area contributed by atoms with Crippen molar-refractivity contribution in [3.05, 3.63) is 33.9 Å². The van der Waals surface area contributed by atoms with Gasteiger partial charge in [-0.15, -0.1) is 0 Å². The van der Waals surface area contributed by atoms with Crippen molar-refractivity contribution >= 4 is 41.3 Å². The highest BCUT2D eigenvalue weighted by Crippen LogP contribution is 2.35. The summed E-state index contributed by atoms with van der Waals surface area (Å²) in [5.74, 6) is 0.844. The first-order valence-electron chi connectivity index (χ1n) is 7.50. The zero-order valence-electron chi connectivity index (χ0n) is 13.3. The number of nitrogen functional groups attached to an aromatic ring is 1. The average molecular weight is 366 g/mol. The molecular formula is C16H17Cl2N5O. The van der Waals surface area contributed by atoms with E-state index >= 15 is 0 Å². The molecule has 0 radical (unpaired) electrons.